The molecule has 42 heavy (non-hydrogen) atoms. The molecule has 0 aliphatic carbocycles. The molecule has 0 saturated carbocycles. The molecule has 2 aromatic carbocycles. The summed E-state index contributed by atoms with van der Waals surface area (Å²) in [5.74, 6) is -1.35. The largest absolute Gasteiger partial charge is 0.446 e. The van der Waals surface area contributed by atoms with Gasteiger partial charge in [-0.25, -0.2) is 18.4 Å². The van der Waals surface area contributed by atoms with E-state index in [2.05, 4.69) is 10.6 Å². The topological polar surface area (TPSA) is 174 Å². The summed E-state index contributed by atoms with van der Waals surface area (Å²) in [6.45, 7) is -0.973. The first kappa shape index (κ1) is 31.5. The van der Waals surface area contributed by atoms with Gasteiger partial charge in [0.1, 0.15) is 49.3 Å². The molecule has 6 unspecified atom stereocenters. The lowest BCUT2D eigenvalue weighted by Gasteiger charge is -2.43. The summed E-state index contributed by atoms with van der Waals surface area (Å²) in [4.78, 5) is 24.4. The van der Waals surface area contributed by atoms with Crippen LogP contribution < -0.4 is 10.6 Å². The van der Waals surface area contributed by atoms with E-state index in [1.807, 2.05) is 0 Å². The van der Waals surface area contributed by atoms with Gasteiger partial charge in [-0.2, -0.15) is 0 Å². The number of methoxy groups -OCH3 is 1. The Hall–Kier alpha value is -3.44. The number of aliphatic hydroxyl groups excluding tert-OH is 3. The van der Waals surface area contributed by atoms with E-state index in [1.54, 1.807) is 0 Å². The van der Waals surface area contributed by atoms with E-state index in [9.17, 15) is 33.7 Å². The van der Waals surface area contributed by atoms with Crippen molar-refractivity contribution in [3.63, 3.8) is 0 Å². The van der Waals surface area contributed by atoms with Crippen molar-refractivity contribution < 1.29 is 62.1 Å². The van der Waals surface area contributed by atoms with Crippen LogP contribution in [-0.2, 0) is 28.4 Å². The summed E-state index contributed by atoms with van der Waals surface area (Å²) in [6.07, 6.45) is -11.8. The number of ether oxygens (including phenoxy) is 6. The summed E-state index contributed by atoms with van der Waals surface area (Å²) in [7, 11) is 1.36. The first-order valence-corrected chi connectivity index (χ1v) is 13.0. The lowest BCUT2D eigenvalue weighted by molar-refractivity contribution is -0.318. The van der Waals surface area contributed by atoms with Gasteiger partial charge < -0.3 is 43.7 Å². The molecule has 8 atom stereocenters. The summed E-state index contributed by atoms with van der Waals surface area (Å²) in [5, 5.41) is 36.0. The molecule has 2 saturated heterocycles. The fraction of sp³-hybridized carbons (Fsp3) is 0.481. The molecule has 0 spiro atoms. The van der Waals surface area contributed by atoms with Crippen LogP contribution in [0.1, 0.15) is 12.8 Å². The first-order valence-electron chi connectivity index (χ1n) is 13.0. The molecule has 0 bridgehead atoms. The van der Waals surface area contributed by atoms with Gasteiger partial charge in [0.05, 0.1) is 23.6 Å². The zero-order chi connectivity index (χ0) is 30.2. The van der Waals surface area contributed by atoms with E-state index < -0.39 is 86.2 Å². The molecule has 0 radical (unpaired) electrons. The fourth-order valence-corrected chi connectivity index (χ4v) is 4.42. The number of anilines is 2. The van der Waals surface area contributed by atoms with Crippen molar-refractivity contribution in [1.82, 2.24) is 0 Å². The Morgan fingerprint density at radius 1 is 0.810 bits per heavy atom. The standard InChI is InChI=1S/C27H32F2N2O11/c1-37-22-11-19(33)25(21(41-22)13-39-27(36)31-17-9-5-3-7-15(17)29)42-23-10-18(32)24(34)20(40-23)12-38-26(35)30-16-8-4-2-6-14(16)28/h2-9,18-25,32-34H,10-13H2,1H3,(H,30,35)(H,31,36)/t18?,19?,20?,21?,22?,23?,24-,25-/m0/s1. The third-order valence-electron chi connectivity index (χ3n) is 6.59. The maximum absolute atomic E-state index is 13.9. The number of amides is 2. The Labute approximate surface area is 239 Å². The Balaban J connectivity index is 1.35. The van der Waals surface area contributed by atoms with Crippen LogP contribution in [0, 0.1) is 11.6 Å². The summed E-state index contributed by atoms with van der Waals surface area (Å²) in [5.41, 5.74) is -0.223. The highest BCUT2D eigenvalue weighted by atomic mass is 19.1. The van der Waals surface area contributed by atoms with Gasteiger partial charge in [0.2, 0.25) is 0 Å². The van der Waals surface area contributed by atoms with E-state index in [4.69, 9.17) is 28.4 Å². The quantitative estimate of drug-likeness (QED) is 0.286. The Kier molecular flexibility index (Phi) is 11.0. The number of benzene rings is 2. The van der Waals surface area contributed by atoms with Gasteiger partial charge in [-0.3, -0.25) is 10.6 Å². The number of nitrogens with one attached hydrogen (secondary N) is 2. The maximum atomic E-state index is 13.9. The van der Waals surface area contributed by atoms with Gasteiger partial charge in [0.25, 0.3) is 0 Å². The van der Waals surface area contributed by atoms with Crippen LogP contribution in [0.3, 0.4) is 0 Å². The molecular weight excluding hydrogens is 566 g/mol. The maximum Gasteiger partial charge on any atom is 0.411 e. The summed E-state index contributed by atoms with van der Waals surface area (Å²) >= 11 is 0. The number of hydrogen-bond donors (Lipinski definition) is 5. The second-order valence-electron chi connectivity index (χ2n) is 9.55. The number of hydrogen-bond acceptors (Lipinski definition) is 11. The van der Waals surface area contributed by atoms with Crippen LogP contribution in [0.5, 0.6) is 0 Å². The molecule has 2 amide bonds. The molecule has 2 aliphatic rings. The molecule has 2 aromatic rings. The van der Waals surface area contributed by atoms with Crippen LogP contribution >= 0.6 is 0 Å². The van der Waals surface area contributed by atoms with Gasteiger partial charge in [-0.15, -0.1) is 0 Å². The molecule has 13 nitrogen and oxygen atoms in total. The van der Waals surface area contributed by atoms with Gasteiger partial charge in [0.15, 0.2) is 12.6 Å². The van der Waals surface area contributed by atoms with E-state index in [1.165, 1.54) is 43.5 Å². The van der Waals surface area contributed by atoms with E-state index in [0.29, 0.717) is 0 Å². The number of aliphatic hydroxyl groups is 3. The zero-order valence-electron chi connectivity index (χ0n) is 22.4. The SMILES string of the molecule is COC1CC(O)[C@H](OC2CC(O)[C@H](O)C(COC(=O)Nc3ccccc3F)O2)C(COC(=O)Nc2ccccc2F)O1. The molecule has 230 valence electrons. The van der Waals surface area contributed by atoms with Crippen molar-refractivity contribution in [2.45, 2.75) is 62.0 Å². The molecule has 0 aromatic heterocycles. The molecular formula is C27H32F2N2O11. The summed E-state index contributed by atoms with van der Waals surface area (Å²) < 4.78 is 60.4. The van der Waals surface area contributed by atoms with Crippen molar-refractivity contribution in [2.24, 2.45) is 0 Å². The highest BCUT2D eigenvalue weighted by Gasteiger charge is 2.44. The molecule has 4 rings (SSSR count). The molecule has 2 heterocycles. The van der Waals surface area contributed by atoms with Gasteiger partial charge in [0, 0.05) is 20.0 Å². The summed E-state index contributed by atoms with van der Waals surface area (Å²) in [6, 6.07) is 10.9. The van der Waals surface area contributed by atoms with Crippen molar-refractivity contribution >= 4 is 23.6 Å². The Bertz CT molecular complexity index is 1210. The molecule has 2 aliphatic heterocycles. The third-order valence-corrected chi connectivity index (χ3v) is 6.59. The van der Waals surface area contributed by atoms with E-state index in [-0.39, 0.29) is 24.2 Å². The average Bonchev–Trinajstić information content (AvgIpc) is 2.96. The van der Waals surface area contributed by atoms with Crippen molar-refractivity contribution in [1.29, 1.82) is 0 Å². The third kappa shape index (κ3) is 8.32. The Morgan fingerprint density at radius 3 is 1.86 bits per heavy atom. The van der Waals surface area contributed by atoms with E-state index >= 15 is 0 Å². The minimum atomic E-state index is -1.46. The number of para-hydroxylation sites is 2. The molecule has 15 heteroatoms. The van der Waals surface area contributed by atoms with Gasteiger partial charge >= 0.3 is 12.2 Å². The molecule has 5 N–H and O–H groups in total. The first-order chi connectivity index (χ1) is 20.1. The zero-order valence-corrected chi connectivity index (χ0v) is 22.4. The normalized spacial score (nSPS) is 29.4. The monoisotopic (exact) mass is 598 g/mol. The van der Waals surface area contributed by atoms with Crippen LogP contribution in [0.25, 0.3) is 0 Å². The van der Waals surface area contributed by atoms with E-state index in [0.717, 1.165) is 12.1 Å². The van der Waals surface area contributed by atoms with Gasteiger partial charge in [-0.1, -0.05) is 24.3 Å². The minimum Gasteiger partial charge on any atom is -0.446 e. The second-order valence-corrected chi connectivity index (χ2v) is 9.55. The molecule has 2 fully saturated rings. The number of rotatable bonds is 9. The highest BCUT2D eigenvalue weighted by Crippen LogP contribution is 2.29. The minimum absolute atomic E-state index is 0.0141. The number of carbonyl (C=O) groups excluding carboxylic acids is 2. The highest BCUT2D eigenvalue weighted by molar-refractivity contribution is 5.85. The van der Waals surface area contributed by atoms with Crippen LogP contribution in [0.4, 0.5) is 29.7 Å². The van der Waals surface area contributed by atoms with Crippen LogP contribution in [0.2, 0.25) is 0 Å². The predicted molar refractivity (Wildman–Crippen MR) is 139 cm³/mol. The second kappa shape index (κ2) is 14.6. The fourth-order valence-electron chi connectivity index (χ4n) is 4.42. The van der Waals surface area contributed by atoms with Crippen molar-refractivity contribution in [2.75, 3.05) is 31.0 Å². The predicted octanol–water partition coefficient (Wildman–Crippen LogP) is 2.11. The average molecular weight is 599 g/mol. The van der Waals surface area contributed by atoms with Crippen molar-refractivity contribution in [3.05, 3.63) is 60.2 Å². The van der Waals surface area contributed by atoms with Crippen molar-refractivity contribution in [3.8, 4) is 0 Å². The van der Waals surface area contributed by atoms with Gasteiger partial charge in [-0.05, 0) is 24.3 Å². The smallest absolute Gasteiger partial charge is 0.411 e. The lowest BCUT2D eigenvalue weighted by Crippen LogP contribution is -2.57. The van der Waals surface area contributed by atoms with Crippen LogP contribution in [0.15, 0.2) is 48.5 Å². The van der Waals surface area contributed by atoms with Crippen LogP contribution in [-0.4, -0.2) is 97.0 Å². The lowest BCUT2D eigenvalue weighted by atomic mass is 9.99. The number of halogens is 2. The Morgan fingerprint density at radius 2 is 1.31 bits per heavy atom. The number of carbonyl (C=O) groups is 2.